The Morgan fingerprint density at radius 2 is 2.39 bits per heavy atom. The van der Waals surface area contributed by atoms with Crippen molar-refractivity contribution in [2.45, 2.75) is 45.8 Å². The lowest BCUT2D eigenvalue weighted by Crippen LogP contribution is -2.37. The standard InChI is InChI=1S/C12H17N5O/c1-8-5-11(18-16-8)6-13-10-3-4-12-14-9(2)15-17(12)7-10/h5,10,13H,3-4,6-7H2,1-2H3/t10-/m0/s1. The number of nitrogens with zero attached hydrogens (tertiary/aromatic N) is 4. The van der Waals surface area contributed by atoms with Gasteiger partial charge in [0, 0.05) is 18.5 Å². The third-order valence-corrected chi connectivity index (χ3v) is 3.21. The summed E-state index contributed by atoms with van der Waals surface area (Å²) in [5.74, 6) is 2.84. The summed E-state index contributed by atoms with van der Waals surface area (Å²) in [7, 11) is 0. The van der Waals surface area contributed by atoms with Gasteiger partial charge in [-0.3, -0.25) is 0 Å². The van der Waals surface area contributed by atoms with Gasteiger partial charge >= 0.3 is 0 Å². The lowest BCUT2D eigenvalue weighted by Gasteiger charge is -2.23. The van der Waals surface area contributed by atoms with E-state index < -0.39 is 0 Å². The summed E-state index contributed by atoms with van der Waals surface area (Å²) in [4.78, 5) is 4.40. The number of hydrogen-bond acceptors (Lipinski definition) is 5. The lowest BCUT2D eigenvalue weighted by molar-refractivity contribution is 0.323. The zero-order valence-corrected chi connectivity index (χ0v) is 10.7. The van der Waals surface area contributed by atoms with Gasteiger partial charge in [0.15, 0.2) is 5.76 Å². The van der Waals surface area contributed by atoms with E-state index in [2.05, 4.69) is 20.6 Å². The fourth-order valence-corrected chi connectivity index (χ4v) is 2.34. The number of rotatable bonds is 3. The van der Waals surface area contributed by atoms with Crippen LogP contribution in [0.3, 0.4) is 0 Å². The van der Waals surface area contributed by atoms with Crippen LogP contribution in [0.15, 0.2) is 10.6 Å². The largest absolute Gasteiger partial charge is 0.360 e. The number of fused-ring (bicyclic) bond motifs is 1. The smallest absolute Gasteiger partial charge is 0.150 e. The van der Waals surface area contributed by atoms with Gasteiger partial charge in [0.25, 0.3) is 0 Å². The first-order valence-electron chi connectivity index (χ1n) is 6.26. The van der Waals surface area contributed by atoms with Crippen molar-refractivity contribution in [1.82, 2.24) is 25.2 Å². The first-order chi connectivity index (χ1) is 8.70. The second kappa shape index (κ2) is 4.53. The molecule has 0 saturated heterocycles. The molecule has 6 nitrogen and oxygen atoms in total. The van der Waals surface area contributed by atoms with Crippen LogP contribution >= 0.6 is 0 Å². The van der Waals surface area contributed by atoms with E-state index in [9.17, 15) is 0 Å². The van der Waals surface area contributed by atoms with Crippen molar-refractivity contribution < 1.29 is 4.52 Å². The molecule has 96 valence electrons. The summed E-state index contributed by atoms with van der Waals surface area (Å²) in [5, 5.41) is 11.7. The second-order valence-electron chi connectivity index (χ2n) is 4.81. The van der Waals surface area contributed by atoms with Crippen molar-refractivity contribution in [2.24, 2.45) is 0 Å². The first kappa shape index (κ1) is 11.4. The monoisotopic (exact) mass is 247 g/mol. The zero-order valence-electron chi connectivity index (χ0n) is 10.7. The van der Waals surface area contributed by atoms with Crippen LogP contribution in [-0.4, -0.2) is 26.0 Å². The number of nitrogens with one attached hydrogen (secondary N) is 1. The Labute approximate surface area is 105 Å². The van der Waals surface area contributed by atoms with Crippen molar-refractivity contribution in [3.63, 3.8) is 0 Å². The average molecular weight is 247 g/mol. The molecule has 6 heteroatoms. The maximum Gasteiger partial charge on any atom is 0.150 e. The van der Waals surface area contributed by atoms with Crippen LogP contribution < -0.4 is 5.32 Å². The average Bonchev–Trinajstić information content (AvgIpc) is 2.90. The Morgan fingerprint density at radius 1 is 1.50 bits per heavy atom. The zero-order chi connectivity index (χ0) is 12.5. The molecule has 0 amide bonds. The summed E-state index contributed by atoms with van der Waals surface area (Å²) >= 11 is 0. The van der Waals surface area contributed by atoms with Gasteiger partial charge in [-0.15, -0.1) is 0 Å². The highest BCUT2D eigenvalue weighted by Gasteiger charge is 2.20. The molecular formula is C12H17N5O. The highest BCUT2D eigenvalue weighted by Crippen LogP contribution is 2.13. The van der Waals surface area contributed by atoms with Gasteiger partial charge < -0.3 is 9.84 Å². The van der Waals surface area contributed by atoms with Gasteiger partial charge in [0.1, 0.15) is 11.6 Å². The third kappa shape index (κ3) is 2.28. The summed E-state index contributed by atoms with van der Waals surface area (Å²) in [6.07, 6.45) is 2.07. The highest BCUT2D eigenvalue weighted by atomic mass is 16.5. The number of hydrogen-bond donors (Lipinski definition) is 1. The Balaban J connectivity index is 1.59. The van der Waals surface area contributed by atoms with Gasteiger partial charge in [-0.05, 0) is 20.3 Å². The van der Waals surface area contributed by atoms with Gasteiger partial charge in [-0.2, -0.15) is 5.10 Å². The first-order valence-corrected chi connectivity index (χ1v) is 6.26. The molecule has 0 aliphatic carbocycles. The van der Waals surface area contributed by atoms with Crippen molar-refractivity contribution in [2.75, 3.05) is 0 Å². The molecule has 0 radical (unpaired) electrons. The van der Waals surface area contributed by atoms with Crippen LogP contribution in [0.25, 0.3) is 0 Å². The number of aromatic nitrogens is 4. The van der Waals surface area contributed by atoms with Crippen molar-refractivity contribution >= 4 is 0 Å². The molecule has 0 spiro atoms. The predicted octanol–water partition coefficient (Wildman–Crippen LogP) is 0.988. The van der Waals surface area contributed by atoms with E-state index in [-0.39, 0.29) is 0 Å². The highest BCUT2D eigenvalue weighted by molar-refractivity contribution is 5.03. The van der Waals surface area contributed by atoms with E-state index in [1.807, 2.05) is 24.6 Å². The van der Waals surface area contributed by atoms with Crippen LogP contribution in [0, 0.1) is 13.8 Å². The maximum absolute atomic E-state index is 5.18. The molecule has 1 aliphatic rings. The minimum absolute atomic E-state index is 0.420. The van der Waals surface area contributed by atoms with Crippen LogP contribution in [0.5, 0.6) is 0 Å². The SMILES string of the molecule is Cc1cc(CN[C@H]2CCc3nc(C)nn3C2)on1. The molecule has 0 bridgehead atoms. The fraction of sp³-hybridized carbons (Fsp3) is 0.583. The van der Waals surface area contributed by atoms with Crippen LogP contribution in [-0.2, 0) is 19.5 Å². The fourth-order valence-electron chi connectivity index (χ4n) is 2.34. The minimum atomic E-state index is 0.420. The molecule has 1 atom stereocenters. The quantitative estimate of drug-likeness (QED) is 0.876. The van der Waals surface area contributed by atoms with E-state index in [0.29, 0.717) is 12.6 Å². The molecular weight excluding hydrogens is 230 g/mol. The van der Waals surface area contributed by atoms with E-state index in [1.165, 1.54) is 0 Å². The van der Waals surface area contributed by atoms with E-state index >= 15 is 0 Å². The normalized spacial score (nSPS) is 18.9. The molecule has 0 aromatic carbocycles. The molecule has 3 heterocycles. The Morgan fingerprint density at radius 3 is 3.17 bits per heavy atom. The van der Waals surface area contributed by atoms with Gasteiger partial charge in [0.05, 0.1) is 18.8 Å². The van der Waals surface area contributed by atoms with E-state index in [1.54, 1.807) is 0 Å². The van der Waals surface area contributed by atoms with Crippen molar-refractivity contribution in [3.8, 4) is 0 Å². The summed E-state index contributed by atoms with van der Waals surface area (Å²) in [6, 6.07) is 2.38. The van der Waals surface area contributed by atoms with Crippen molar-refractivity contribution in [1.29, 1.82) is 0 Å². The molecule has 1 aliphatic heterocycles. The van der Waals surface area contributed by atoms with Crippen LogP contribution in [0.1, 0.15) is 29.5 Å². The second-order valence-corrected chi connectivity index (χ2v) is 4.81. The van der Waals surface area contributed by atoms with Gasteiger partial charge in [-0.25, -0.2) is 9.67 Å². The van der Waals surface area contributed by atoms with Gasteiger partial charge in [0.2, 0.25) is 0 Å². The molecule has 18 heavy (non-hydrogen) atoms. The Bertz CT molecular complexity index is 544. The minimum Gasteiger partial charge on any atom is -0.360 e. The molecule has 0 fully saturated rings. The third-order valence-electron chi connectivity index (χ3n) is 3.21. The maximum atomic E-state index is 5.18. The van der Waals surface area contributed by atoms with Gasteiger partial charge in [-0.1, -0.05) is 5.16 Å². The lowest BCUT2D eigenvalue weighted by atomic mass is 10.1. The molecule has 1 N–H and O–H groups in total. The summed E-state index contributed by atoms with van der Waals surface area (Å²) in [5.41, 5.74) is 0.921. The predicted molar refractivity (Wildman–Crippen MR) is 64.9 cm³/mol. The molecule has 3 rings (SSSR count). The van der Waals surface area contributed by atoms with Crippen LogP contribution in [0.4, 0.5) is 0 Å². The van der Waals surface area contributed by atoms with E-state index in [0.717, 1.165) is 42.5 Å². The summed E-state index contributed by atoms with van der Waals surface area (Å²) in [6.45, 7) is 5.46. The molecule has 0 unspecified atom stereocenters. The Hall–Kier alpha value is -1.69. The van der Waals surface area contributed by atoms with E-state index in [4.69, 9.17) is 4.52 Å². The number of aryl methyl sites for hydroxylation is 3. The van der Waals surface area contributed by atoms with Crippen LogP contribution in [0.2, 0.25) is 0 Å². The molecule has 2 aromatic rings. The molecule has 0 saturated carbocycles. The topological polar surface area (TPSA) is 68.8 Å². The van der Waals surface area contributed by atoms with Crippen molar-refractivity contribution in [3.05, 3.63) is 29.2 Å². The molecule has 2 aromatic heterocycles. The Kier molecular flexibility index (Phi) is 2.87. The summed E-state index contributed by atoms with van der Waals surface area (Å²) < 4.78 is 7.18.